The normalized spacial score (nSPS) is 14.2. The molecule has 0 amide bonds. The molecule has 104 valence electrons. The molecule has 0 radical (unpaired) electrons. The molecule has 0 bridgehead atoms. The molecule has 1 fully saturated rings. The Morgan fingerprint density at radius 1 is 1.40 bits per heavy atom. The van der Waals surface area contributed by atoms with Crippen molar-refractivity contribution in [3.05, 3.63) is 51.7 Å². The molecule has 1 aromatic heterocycles. The Hall–Kier alpha value is -1.39. The molecule has 1 aromatic carbocycles. The number of hydrogen-bond donors (Lipinski definition) is 1. The van der Waals surface area contributed by atoms with Gasteiger partial charge < -0.3 is 10.6 Å². The lowest BCUT2D eigenvalue weighted by Gasteiger charge is -2.28. The van der Waals surface area contributed by atoms with Gasteiger partial charge in [-0.25, -0.2) is 0 Å². The Labute approximate surface area is 129 Å². The summed E-state index contributed by atoms with van der Waals surface area (Å²) in [6.07, 6.45) is 2.52. The molecule has 4 heteroatoms. The first-order valence-electron chi connectivity index (χ1n) is 6.84. The van der Waals surface area contributed by atoms with E-state index in [1.54, 1.807) is 11.3 Å². The van der Waals surface area contributed by atoms with Crippen molar-refractivity contribution in [2.45, 2.75) is 32.4 Å². The number of benzene rings is 1. The zero-order valence-electron chi connectivity index (χ0n) is 11.5. The molecule has 1 heterocycles. The lowest BCUT2D eigenvalue weighted by Crippen LogP contribution is -2.28. The first-order chi connectivity index (χ1) is 9.66. The van der Waals surface area contributed by atoms with E-state index in [2.05, 4.69) is 34.7 Å². The largest absolute Gasteiger partial charge is 0.389 e. The molecule has 0 aliphatic heterocycles. The maximum absolute atomic E-state index is 5.92. The number of aryl methyl sites for hydroxylation is 1. The monoisotopic (exact) mass is 302 g/mol. The smallest absolute Gasteiger partial charge is 0.106 e. The topological polar surface area (TPSA) is 29.3 Å². The molecule has 0 unspecified atom stereocenters. The van der Waals surface area contributed by atoms with E-state index in [0.29, 0.717) is 11.0 Å². The average molecular weight is 302 g/mol. The molecule has 1 saturated carbocycles. The standard InChI is InChI=1S/C16H18N2S2/c1-11-3-2-4-14(16(17)19)15(11)18(13-5-6-13)9-12-7-8-20-10-12/h2-4,7-8,10,13H,5-6,9H2,1H3,(H2,17,19). The number of thiocarbonyl (C=S) groups is 1. The summed E-state index contributed by atoms with van der Waals surface area (Å²) in [5, 5.41) is 4.35. The summed E-state index contributed by atoms with van der Waals surface area (Å²) in [6, 6.07) is 9.03. The van der Waals surface area contributed by atoms with Crippen LogP contribution < -0.4 is 10.6 Å². The number of para-hydroxylation sites is 1. The zero-order valence-corrected chi connectivity index (χ0v) is 13.1. The highest BCUT2D eigenvalue weighted by molar-refractivity contribution is 7.80. The Morgan fingerprint density at radius 2 is 2.20 bits per heavy atom. The van der Waals surface area contributed by atoms with E-state index in [-0.39, 0.29) is 0 Å². The van der Waals surface area contributed by atoms with Gasteiger partial charge >= 0.3 is 0 Å². The second-order valence-electron chi connectivity index (χ2n) is 5.33. The van der Waals surface area contributed by atoms with Crippen molar-refractivity contribution in [3.63, 3.8) is 0 Å². The molecule has 0 saturated heterocycles. The number of anilines is 1. The van der Waals surface area contributed by atoms with Crippen LogP contribution in [-0.4, -0.2) is 11.0 Å². The van der Waals surface area contributed by atoms with Gasteiger partial charge in [-0.3, -0.25) is 0 Å². The van der Waals surface area contributed by atoms with E-state index in [9.17, 15) is 0 Å². The summed E-state index contributed by atoms with van der Waals surface area (Å²) in [6.45, 7) is 3.08. The van der Waals surface area contributed by atoms with Crippen LogP contribution >= 0.6 is 23.6 Å². The van der Waals surface area contributed by atoms with Gasteiger partial charge in [0.25, 0.3) is 0 Å². The summed E-state index contributed by atoms with van der Waals surface area (Å²) < 4.78 is 0. The summed E-state index contributed by atoms with van der Waals surface area (Å²) in [5.41, 5.74) is 10.7. The molecule has 2 nitrogen and oxygen atoms in total. The predicted molar refractivity (Wildman–Crippen MR) is 90.6 cm³/mol. The highest BCUT2D eigenvalue weighted by atomic mass is 32.1. The molecule has 0 spiro atoms. The van der Waals surface area contributed by atoms with Crippen LogP contribution in [0.15, 0.2) is 35.0 Å². The van der Waals surface area contributed by atoms with Crippen molar-refractivity contribution in [1.82, 2.24) is 0 Å². The van der Waals surface area contributed by atoms with Gasteiger partial charge in [-0.2, -0.15) is 11.3 Å². The van der Waals surface area contributed by atoms with Gasteiger partial charge in [0.05, 0.1) is 5.69 Å². The van der Waals surface area contributed by atoms with Crippen LogP contribution in [0, 0.1) is 6.92 Å². The SMILES string of the molecule is Cc1cccc(C(N)=S)c1N(Cc1ccsc1)C1CC1. The average Bonchev–Trinajstić information content (AvgIpc) is 3.13. The quantitative estimate of drug-likeness (QED) is 0.850. The van der Waals surface area contributed by atoms with E-state index < -0.39 is 0 Å². The molecule has 2 aromatic rings. The van der Waals surface area contributed by atoms with Crippen LogP contribution in [0.5, 0.6) is 0 Å². The Bertz CT molecular complexity index is 615. The second-order valence-corrected chi connectivity index (χ2v) is 6.55. The van der Waals surface area contributed by atoms with Crippen molar-refractivity contribution >= 4 is 34.2 Å². The van der Waals surface area contributed by atoms with E-state index in [4.69, 9.17) is 18.0 Å². The first-order valence-corrected chi connectivity index (χ1v) is 8.19. The summed E-state index contributed by atoms with van der Waals surface area (Å²) in [4.78, 5) is 2.96. The number of hydrogen-bond acceptors (Lipinski definition) is 3. The maximum Gasteiger partial charge on any atom is 0.106 e. The van der Waals surface area contributed by atoms with Gasteiger partial charge in [-0.15, -0.1) is 0 Å². The molecular formula is C16H18N2S2. The lowest BCUT2D eigenvalue weighted by molar-refractivity contribution is 0.792. The van der Waals surface area contributed by atoms with Crippen molar-refractivity contribution in [2.24, 2.45) is 5.73 Å². The highest BCUT2D eigenvalue weighted by Gasteiger charge is 2.31. The Kier molecular flexibility index (Phi) is 3.76. The maximum atomic E-state index is 5.92. The number of nitrogens with two attached hydrogens (primary N) is 1. The van der Waals surface area contributed by atoms with Crippen molar-refractivity contribution in [2.75, 3.05) is 4.90 Å². The Morgan fingerprint density at radius 3 is 2.80 bits per heavy atom. The van der Waals surface area contributed by atoms with E-state index >= 15 is 0 Å². The minimum Gasteiger partial charge on any atom is -0.389 e. The number of thiophene rings is 1. The van der Waals surface area contributed by atoms with Crippen LogP contribution in [0.3, 0.4) is 0 Å². The van der Waals surface area contributed by atoms with Crippen LogP contribution in [-0.2, 0) is 6.54 Å². The van der Waals surface area contributed by atoms with E-state index in [1.165, 1.54) is 29.7 Å². The zero-order chi connectivity index (χ0) is 14.1. The minimum absolute atomic E-state index is 0.486. The van der Waals surface area contributed by atoms with Crippen LogP contribution in [0.4, 0.5) is 5.69 Å². The summed E-state index contributed by atoms with van der Waals surface area (Å²) in [5.74, 6) is 0. The number of nitrogens with zero attached hydrogens (tertiary/aromatic N) is 1. The van der Waals surface area contributed by atoms with Gasteiger partial charge in [-0.05, 0) is 53.8 Å². The van der Waals surface area contributed by atoms with E-state index in [1.807, 2.05) is 12.1 Å². The van der Waals surface area contributed by atoms with Gasteiger partial charge in [0.2, 0.25) is 0 Å². The Balaban J connectivity index is 2.01. The van der Waals surface area contributed by atoms with Crippen LogP contribution in [0.1, 0.15) is 29.5 Å². The van der Waals surface area contributed by atoms with Crippen LogP contribution in [0.25, 0.3) is 0 Å². The summed E-state index contributed by atoms with van der Waals surface area (Å²) in [7, 11) is 0. The molecule has 3 rings (SSSR count). The lowest BCUT2D eigenvalue weighted by atomic mass is 10.1. The second kappa shape index (κ2) is 5.54. The van der Waals surface area contributed by atoms with E-state index in [0.717, 1.165) is 12.1 Å². The fourth-order valence-electron chi connectivity index (χ4n) is 2.60. The summed E-state index contributed by atoms with van der Waals surface area (Å²) >= 11 is 6.98. The van der Waals surface area contributed by atoms with Crippen molar-refractivity contribution < 1.29 is 0 Å². The molecule has 20 heavy (non-hydrogen) atoms. The van der Waals surface area contributed by atoms with Gasteiger partial charge in [0.15, 0.2) is 0 Å². The van der Waals surface area contributed by atoms with Gasteiger partial charge in [0, 0.05) is 18.2 Å². The molecular weight excluding hydrogens is 284 g/mol. The fourth-order valence-corrected chi connectivity index (χ4v) is 3.42. The molecule has 1 aliphatic carbocycles. The van der Waals surface area contributed by atoms with Crippen molar-refractivity contribution in [1.29, 1.82) is 0 Å². The molecule has 0 atom stereocenters. The van der Waals surface area contributed by atoms with Crippen molar-refractivity contribution in [3.8, 4) is 0 Å². The third-order valence-electron chi connectivity index (χ3n) is 3.71. The fraction of sp³-hybridized carbons (Fsp3) is 0.312. The number of rotatable bonds is 5. The van der Waals surface area contributed by atoms with Crippen LogP contribution in [0.2, 0.25) is 0 Å². The third-order valence-corrected chi connectivity index (χ3v) is 4.66. The first kappa shape index (κ1) is 13.6. The van der Waals surface area contributed by atoms with Gasteiger partial charge in [0.1, 0.15) is 4.99 Å². The third kappa shape index (κ3) is 2.72. The highest BCUT2D eigenvalue weighted by Crippen LogP contribution is 2.37. The van der Waals surface area contributed by atoms with Gasteiger partial charge in [-0.1, -0.05) is 24.4 Å². The predicted octanol–water partition coefficient (Wildman–Crippen LogP) is 3.86. The minimum atomic E-state index is 0.486. The molecule has 2 N–H and O–H groups in total. The molecule has 1 aliphatic rings.